The maximum Gasteiger partial charge on any atom is 0.416 e. The first-order chi connectivity index (χ1) is 11.2. The summed E-state index contributed by atoms with van der Waals surface area (Å²) in [6.07, 6.45) is -3.64. The maximum atomic E-state index is 12.8. The van der Waals surface area contributed by atoms with Crippen LogP contribution >= 0.6 is 23.2 Å². The average molecular weight is 382 g/mol. The molecule has 0 aliphatic carbocycles. The van der Waals surface area contributed by atoms with Crippen molar-refractivity contribution in [3.05, 3.63) is 44.3 Å². The zero-order valence-electron chi connectivity index (χ0n) is 11.9. The molecule has 2 rings (SSSR count). The lowest BCUT2D eigenvalue weighted by atomic mass is 10.2. The Morgan fingerprint density at radius 1 is 1.33 bits per heavy atom. The van der Waals surface area contributed by atoms with Crippen molar-refractivity contribution >= 4 is 29.1 Å². The molecule has 0 saturated heterocycles. The number of halogens is 5. The SMILES string of the molecule is COc1nn(-c2c(Cl)cc(C(F)(F)F)cc2Cl)c(=O)n1CC=C=O. The second kappa shape index (κ2) is 6.72. The smallest absolute Gasteiger partial charge is 0.416 e. The van der Waals surface area contributed by atoms with Crippen molar-refractivity contribution in [2.24, 2.45) is 0 Å². The fourth-order valence-electron chi connectivity index (χ4n) is 1.89. The second-order valence-corrected chi connectivity index (χ2v) is 5.21. The number of allylic oxidation sites excluding steroid dienone is 1. The molecule has 0 atom stereocenters. The van der Waals surface area contributed by atoms with Gasteiger partial charge in [0.25, 0.3) is 0 Å². The Hall–Kier alpha value is -2.22. The number of methoxy groups -OCH3 is 1. The standard InChI is InChI=1S/C13H8Cl2F3N3O3/c1-24-11-19-21(12(23)20(11)3-2-4-22)10-8(14)5-7(6-9(10)15)13(16,17)18/h2,5-6H,3H2,1H3. The van der Waals surface area contributed by atoms with Crippen LogP contribution in [0.15, 0.2) is 23.0 Å². The van der Waals surface area contributed by atoms with E-state index < -0.39 is 27.5 Å². The van der Waals surface area contributed by atoms with Crippen LogP contribution in [0.25, 0.3) is 5.69 Å². The van der Waals surface area contributed by atoms with Crippen LogP contribution in [-0.4, -0.2) is 27.4 Å². The van der Waals surface area contributed by atoms with E-state index in [1.54, 1.807) is 0 Å². The van der Waals surface area contributed by atoms with Gasteiger partial charge in [-0.05, 0) is 12.1 Å². The molecular weight excluding hydrogens is 374 g/mol. The van der Waals surface area contributed by atoms with E-state index in [4.69, 9.17) is 27.9 Å². The summed E-state index contributed by atoms with van der Waals surface area (Å²) in [5.41, 5.74) is -2.10. The van der Waals surface area contributed by atoms with E-state index in [0.29, 0.717) is 16.8 Å². The van der Waals surface area contributed by atoms with Crippen LogP contribution in [0.2, 0.25) is 10.0 Å². The molecule has 0 spiro atoms. The predicted octanol–water partition coefficient (Wildman–Crippen LogP) is 2.76. The van der Waals surface area contributed by atoms with Crippen molar-refractivity contribution in [1.29, 1.82) is 0 Å². The molecule has 0 radical (unpaired) electrons. The van der Waals surface area contributed by atoms with Gasteiger partial charge in [-0.2, -0.15) is 17.9 Å². The van der Waals surface area contributed by atoms with E-state index in [1.165, 1.54) is 13.1 Å². The first-order valence-corrected chi connectivity index (χ1v) is 6.96. The lowest BCUT2D eigenvalue weighted by molar-refractivity contribution is -0.137. The van der Waals surface area contributed by atoms with Crippen molar-refractivity contribution < 1.29 is 22.7 Å². The van der Waals surface area contributed by atoms with Crippen LogP contribution in [0.4, 0.5) is 13.2 Å². The van der Waals surface area contributed by atoms with Crippen LogP contribution in [0.3, 0.4) is 0 Å². The molecule has 0 fully saturated rings. The quantitative estimate of drug-likeness (QED) is 0.763. The number of nitrogens with zero attached hydrogens (tertiary/aromatic N) is 3. The Labute approximate surface area is 142 Å². The first-order valence-electron chi connectivity index (χ1n) is 6.20. The molecule has 1 aromatic carbocycles. The van der Waals surface area contributed by atoms with Crippen molar-refractivity contribution in [3.8, 4) is 11.7 Å². The summed E-state index contributed by atoms with van der Waals surface area (Å²) >= 11 is 11.7. The average Bonchev–Trinajstić information content (AvgIpc) is 2.80. The van der Waals surface area contributed by atoms with E-state index in [2.05, 4.69) is 5.10 Å². The molecule has 0 aliphatic heterocycles. The molecule has 0 amide bonds. The Morgan fingerprint density at radius 3 is 2.38 bits per heavy atom. The minimum atomic E-state index is -4.65. The second-order valence-electron chi connectivity index (χ2n) is 4.40. The van der Waals surface area contributed by atoms with Crippen molar-refractivity contribution in [1.82, 2.24) is 14.3 Å². The summed E-state index contributed by atoms with van der Waals surface area (Å²) < 4.78 is 44.8. The third-order valence-electron chi connectivity index (χ3n) is 2.92. The van der Waals surface area contributed by atoms with E-state index in [-0.39, 0.29) is 18.2 Å². The van der Waals surface area contributed by atoms with Gasteiger partial charge in [-0.25, -0.2) is 14.2 Å². The van der Waals surface area contributed by atoms with Crippen LogP contribution in [0.1, 0.15) is 5.56 Å². The highest BCUT2D eigenvalue weighted by Crippen LogP contribution is 2.37. The van der Waals surface area contributed by atoms with Crippen LogP contribution in [0, 0.1) is 0 Å². The highest BCUT2D eigenvalue weighted by Gasteiger charge is 2.32. The van der Waals surface area contributed by atoms with Gasteiger partial charge >= 0.3 is 17.9 Å². The Morgan fingerprint density at radius 2 is 1.92 bits per heavy atom. The molecule has 128 valence electrons. The molecule has 24 heavy (non-hydrogen) atoms. The summed E-state index contributed by atoms with van der Waals surface area (Å²) in [5.74, 6) is 1.49. The highest BCUT2D eigenvalue weighted by molar-refractivity contribution is 6.37. The number of hydrogen-bond acceptors (Lipinski definition) is 4. The van der Waals surface area contributed by atoms with Gasteiger partial charge in [0.15, 0.2) is 0 Å². The zero-order chi connectivity index (χ0) is 18.1. The minimum absolute atomic E-state index is 0.182. The van der Waals surface area contributed by atoms with Gasteiger partial charge in [-0.15, -0.1) is 5.10 Å². The number of aromatic nitrogens is 3. The molecule has 6 nitrogen and oxygen atoms in total. The third-order valence-corrected chi connectivity index (χ3v) is 3.50. The summed E-state index contributed by atoms with van der Waals surface area (Å²) in [7, 11) is 1.23. The van der Waals surface area contributed by atoms with Gasteiger partial charge < -0.3 is 4.74 Å². The van der Waals surface area contributed by atoms with Crippen LogP contribution in [0.5, 0.6) is 6.01 Å². The lowest BCUT2D eigenvalue weighted by Crippen LogP contribution is -2.24. The molecule has 2 aromatic rings. The number of alkyl halides is 3. The molecule has 1 aromatic heterocycles. The van der Waals surface area contributed by atoms with Gasteiger partial charge in [0.2, 0.25) is 0 Å². The fourth-order valence-corrected chi connectivity index (χ4v) is 2.54. The third kappa shape index (κ3) is 3.33. The zero-order valence-corrected chi connectivity index (χ0v) is 13.4. The van der Waals surface area contributed by atoms with E-state index in [0.717, 1.165) is 10.6 Å². The Kier molecular flexibility index (Phi) is 5.08. The topological polar surface area (TPSA) is 66.1 Å². The summed E-state index contributed by atoms with van der Waals surface area (Å²) in [4.78, 5) is 22.6. The van der Waals surface area contributed by atoms with Crippen molar-refractivity contribution in [2.45, 2.75) is 12.7 Å². The number of benzene rings is 1. The molecule has 11 heteroatoms. The number of carbonyl (C=O) groups excluding carboxylic acids is 1. The minimum Gasteiger partial charge on any atom is -0.467 e. The molecule has 0 saturated carbocycles. The van der Waals surface area contributed by atoms with Gasteiger partial charge in [0.05, 0.1) is 29.3 Å². The van der Waals surface area contributed by atoms with E-state index in [1.807, 2.05) is 0 Å². The van der Waals surface area contributed by atoms with E-state index in [9.17, 15) is 22.8 Å². The van der Waals surface area contributed by atoms with Gasteiger partial charge in [0, 0.05) is 6.08 Å². The van der Waals surface area contributed by atoms with Gasteiger partial charge in [0.1, 0.15) is 11.6 Å². The summed E-state index contributed by atoms with van der Waals surface area (Å²) in [5, 5.41) is 2.97. The van der Waals surface area contributed by atoms with E-state index >= 15 is 0 Å². The van der Waals surface area contributed by atoms with Gasteiger partial charge in [-0.1, -0.05) is 23.2 Å². The highest BCUT2D eigenvalue weighted by atomic mass is 35.5. The summed E-state index contributed by atoms with van der Waals surface area (Å²) in [6, 6.07) is 1.08. The van der Waals surface area contributed by atoms with Crippen LogP contribution in [-0.2, 0) is 17.5 Å². The molecular formula is C13H8Cl2F3N3O3. The molecule has 0 N–H and O–H groups in total. The Balaban J connectivity index is 2.67. The molecule has 0 aliphatic rings. The number of rotatable bonds is 4. The largest absolute Gasteiger partial charge is 0.467 e. The number of ether oxygens (including phenoxy) is 1. The predicted molar refractivity (Wildman–Crippen MR) is 79.7 cm³/mol. The lowest BCUT2D eigenvalue weighted by Gasteiger charge is -2.11. The van der Waals surface area contributed by atoms with Gasteiger partial charge in [-0.3, -0.25) is 0 Å². The first kappa shape index (κ1) is 18.1. The normalized spacial score (nSPS) is 11.2. The van der Waals surface area contributed by atoms with Crippen molar-refractivity contribution in [2.75, 3.05) is 7.11 Å². The van der Waals surface area contributed by atoms with Crippen molar-refractivity contribution in [3.63, 3.8) is 0 Å². The van der Waals surface area contributed by atoms with Crippen LogP contribution < -0.4 is 10.4 Å². The molecule has 0 unspecified atom stereocenters. The molecule has 1 heterocycles. The maximum absolute atomic E-state index is 12.8. The molecule has 0 bridgehead atoms. The number of hydrogen-bond donors (Lipinski definition) is 0. The Bertz CT molecular complexity index is 860. The summed E-state index contributed by atoms with van der Waals surface area (Å²) in [6.45, 7) is -0.193. The fraction of sp³-hybridized carbons (Fsp3) is 0.231. The monoisotopic (exact) mass is 381 g/mol.